The second-order valence-corrected chi connectivity index (χ2v) is 5.44. The van der Waals surface area contributed by atoms with Gasteiger partial charge >= 0.3 is 0 Å². The Balaban J connectivity index is 1.93. The second-order valence-electron chi connectivity index (χ2n) is 5.44. The highest BCUT2D eigenvalue weighted by atomic mass is 16.5. The van der Waals surface area contributed by atoms with Crippen molar-refractivity contribution in [2.24, 2.45) is 17.8 Å². The van der Waals surface area contributed by atoms with Gasteiger partial charge < -0.3 is 4.52 Å². The normalized spacial score (nSPS) is 31.9. The Hall–Kier alpha value is -1.65. The molecule has 0 N–H and O–H groups in total. The fourth-order valence-electron chi connectivity index (χ4n) is 3.07. The van der Waals surface area contributed by atoms with Crippen LogP contribution >= 0.6 is 0 Å². The quantitative estimate of drug-likeness (QED) is 0.712. The molecule has 18 heavy (non-hydrogen) atoms. The smallest absolute Gasteiger partial charge is 0.239 e. The Kier molecular flexibility index (Phi) is 2.50. The van der Waals surface area contributed by atoms with Gasteiger partial charge in [-0.05, 0) is 32.1 Å². The minimum absolute atomic E-state index is 0.106. The third-order valence-electron chi connectivity index (χ3n) is 4.03. The van der Waals surface area contributed by atoms with Crippen molar-refractivity contribution in [2.75, 3.05) is 4.90 Å². The molecule has 1 saturated carbocycles. The standard InChI is InChI=1S/C13H16N2O3/c1-7-3-4-9-10(5-7)13(17)15(12(9)16)11-6-8(2)18-14-11/h6-7,9-10H,3-5H2,1-2H3/t7-,9-,10+/m0/s1. The lowest BCUT2D eigenvalue weighted by molar-refractivity contribution is -0.122. The first kappa shape index (κ1) is 11.4. The van der Waals surface area contributed by atoms with Crippen molar-refractivity contribution >= 4 is 17.6 Å². The number of aryl methyl sites for hydroxylation is 1. The Bertz CT molecular complexity index is 508. The number of fused-ring (bicyclic) bond motifs is 1. The molecule has 0 radical (unpaired) electrons. The van der Waals surface area contributed by atoms with Gasteiger partial charge in [0, 0.05) is 6.07 Å². The fourth-order valence-corrected chi connectivity index (χ4v) is 3.07. The van der Waals surface area contributed by atoms with E-state index in [0.29, 0.717) is 17.5 Å². The van der Waals surface area contributed by atoms with Crippen LogP contribution in [0.3, 0.4) is 0 Å². The summed E-state index contributed by atoms with van der Waals surface area (Å²) in [5, 5.41) is 3.78. The highest BCUT2D eigenvalue weighted by molar-refractivity contribution is 6.21. The first-order valence-electron chi connectivity index (χ1n) is 6.39. The van der Waals surface area contributed by atoms with Crippen LogP contribution < -0.4 is 4.90 Å². The van der Waals surface area contributed by atoms with Crippen molar-refractivity contribution in [1.29, 1.82) is 0 Å². The molecule has 3 atom stereocenters. The molecule has 2 aliphatic rings. The van der Waals surface area contributed by atoms with Gasteiger partial charge in [0.05, 0.1) is 11.8 Å². The number of hydrogen-bond acceptors (Lipinski definition) is 4. The Morgan fingerprint density at radius 1 is 1.28 bits per heavy atom. The highest BCUT2D eigenvalue weighted by Crippen LogP contribution is 2.41. The number of hydrogen-bond donors (Lipinski definition) is 0. The molecule has 3 rings (SSSR count). The predicted molar refractivity (Wildman–Crippen MR) is 63.7 cm³/mol. The molecule has 1 aromatic rings. The van der Waals surface area contributed by atoms with E-state index in [9.17, 15) is 9.59 Å². The van der Waals surface area contributed by atoms with Crippen LogP contribution in [-0.2, 0) is 9.59 Å². The molecule has 0 aromatic carbocycles. The van der Waals surface area contributed by atoms with Crippen LogP contribution in [0.15, 0.2) is 10.6 Å². The molecule has 2 amide bonds. The lowest BCUT2D eigenvalue weighted by Crippen LogP contribution is -2.31. The van der Waals surface area contributed by atoms with Crippen LogP contribution in [-0.4, -0.2) is 17.0 Å². The van der Waals surface area contributed by atoms with Crippen LogP contribution in [0.25, 0.3) is 0 Å². The molecule has 1 aliphatic heterocycles. The molecule has 1 saturated heterocycles. The number of rotatable bonds is 1. The molecule has 5 heteroatoms. The van der Waals surface area contributed by atoms with E-state index in [0.717, 1.165) is 19.3 Å². The SMILES string of the molecule is Cc1cc(N2C(=O)[C@H]3CC[C@H](C)C[C@H]3C2=O)no1. The topological polar surface area (TPSA) is 63.4 Å². The minimum Gasteiger partial charge on any atom is -0.360 e. The first-order valence-corrected chi connectivity index (χ1v) is 6.39. The molecule has 0 unspecified atom stereocenters. The maximum Gasteiger partial charge on any atom is 0.239 e. The van der Waals surface area contributed by atoms with Crippen LogP contribution in [0.1, 0.15) is 31.9 Å². The van der Waals surface area contributed by atoms with Gasteiger partial charge in [0.2, 0.25) is 11.8 Å². The zero-order chi connectivity index (χ0) is 12.9. The molecule has 96 valence electrons. The van der Waals surface area contributed by atoms with E-state index in [-0.39, 0.29) is 23.7 Å². The van der Waals surface area contributed by atoms with Crippen LogP contribution in [0.4, 0.5) is 5.82 Å². The number of carbonyl (C=O) groups excluding carboxylic acids is 2. The van der Waals surface area contributed by atoms with Crippen LogP contribution in [0.2, 0.25) is 0 Å². The number of carbonyl (C=O) groups is 2. The maximum atomic E-state index is 12.3. The third kappa shape index (κ3) is 1.57. The Morgan fingerprint density at radius 3 is 2.67 bits per heavy atom. The summed E-state index contributed by atoms with van der Waals surface area (Å²) in [7, 11) is 0. The minimum atomic E-state index is -0.154. The highest BCUT2D eigenvalue weighted by Gasteiger charge is 2.50. The molecule has 1 aromatic heterocycles. The van der Waals surface area contributed by atoms with E-state index in [1.165, 1.54) is 4.90 Å². The van der Waals surface area contributed by atoms with Crippen molar-refractivity contribution in [3.05, 3.63) is 11.8 Å². The third-order valence-corrected chi connectivity index (χ3v) is 4.03. The van der Waals surface area contributed by atoms with Crippen molar-refractivity contribution in [3.63, 3.8) is 0 Å². The number of anilines is 1. The molecule has 0 bridgehead atoms. The van der Waals surface area contributed by atoms with E-state index in [1.807, 2.05) is 0 Å². The summed E-state index contributed by atoms with van der Waals surface area (Å²) < 4.78 is 4.95. The summed E-state index contributed by atoms with van der Waals surface area (Å²) in [6.07, 6.45) is 2.64. The number of amides is 2. The lowest BCUT2D eigenvalue weighted by atomic mass is 9.76. The van der Waals surface area contributed by atoms with Gasteiger partial charge in [0.1, 0.15) is 5.76 Å². The van der Waals surface area contributed by atoms with Crippen molar-refractivity contribution in [2.45, 2.75) is 33.1 Å². The lowest BCUT2D eigenvalue weighted by Gasteiger charge is -2.25. The summed E-state index contributed by atoms with van der Waals surface area (Å²) in [4.78, 5) is 25.8. The summed E-state index contributed by atoms with van der Waals surface area (Å²) in [6, 6.07) is 1.64. The van der Waals surface area contributed by atoms with E-state index in [4.69, 9.17) is 4.52 Å². The van der Waals surface area contributed by atoms with Crippen molar-refractivity contribution in [3.8, 4) is 0 Å². The van der Waals surface area contributed by atoms with Gasteiger partial charge in [-0.3, -0.25) is 9.59 Å². The van der Waals surface area contributed by atoms with Crippen molar-refractivity contribution < 1.29 is 14.1 Å². The first-order chi connectivity index (χ1) is 8.58. The fraction of sp³-hybridized carbons (Fsp3) is 0.615. The summed E-state index contributed by atoms with van der Waals surface area (Å²) >= 11 is 0. The zero-order valence-electron chi connectivity index (χ0n) is 10.5. The van der Waals surface area contributed by atoms with Crippen LogP contribution in [0.5, 0.6) is 0 Å². The average Bonchev–Trinajstić information content (AvgIpc) is 2.84. The molecule has 0 spiro atoms. The molecule has 1 aliphatic carbocycles. The molecule has 2 heterocycles. The molecular weight excluding hydrogens is 232 g/mol. The summed E-state index contributed by atoms with van der Waals surface area (Å²) in [5.74, 6) is 0.944. The average molecular weight is 248 g/mol. The van der Waals surface area contributed by atoms with E-state index in [1.54, 1.807) is 13.0 Å². The van der Waals surface area contributed by atoms with E-state index >= 15 is 0 Å². The van der Waals surface area contributed by atoms with Gasteiger partial charge in [-0.15, -0.1) is 0 Å². The summed E-state index contributed by atoms with van der Waals surface area (Å²) in [6.45, 7) is 3.88. The number of imide groups is 1. The zero-order valence-corrected chi connectivity index (χ0v) is 10.5. The van der Waals surface area contributed by atoms with Crippen LogP contribution in [0, 0.1) is 24.7 Å². The monoisotopic (exact) mass is 248 g/mol. The Labute approximate surface area is 105 Å². The van der Waals surface area contributed by atoms with Gasteiger partial charge in [-0.2, -0.15) is 0 Å². The Morgan fingerprint density at radius 2 is 2.00 bits per heavy atom. The molecular formula is C13H16N2O3. The summed E-state index contributed by atoms with van der Waals surface area (Å²) in [5.41, 5.74) is 0. The second kappa shape index (κ2) is 3.93. The number of nitrogens with zero attached hydrogens (tertiary/aromatic N) is 2. The van der Waals surface area contributed by atoms with Gasteiger partial charge in [0.15, 0.2) is 5.82 Å². The predicted octanol–water partition coefficient (Wildman–Crippen LogP) is 1.91. The number of aromatic nitrogens is 1. The van der Waals surface area contributed by atoms with E-state index < -0.39 is 0 Å². The van der Waals surface area contributed by atoms with Gasteiger partial charge in [0.25, 0.3) is 0 Å². The van der Waals surface area contributed by atoms with Crippen molar-refractivity contribution in [1.82, 2.24) is 5.16 Å². The molecule has 2 fully saturated rings. The van der Waals surface area contributed by atoms with E-state index in [2.05, 4.69) is 12.1 Å². The largest absolute Gasteiger partial charge is 0.360 e. The van der Waals surface area contributed by atoms with Gasteiger partial charge in [-0.25, -0.2) is 4.90 Å². The molecule has 5 nitrogen and oxygen atoms in total. The van der Waals surface area contributed by atoms with Gasteiger partial charge in [-0.1, -0.05) is 12.1 Å². The maximum absolute atomic E-state index is 12.3.